The van der Waals surface area contributed by atoms with Gasteiger partial charge in [0.15, 0.2) is 0 Å². The van der Waals surface area contributed by atoms with Gasteiger partial charge in [0.2, 0.25) is 0 Å². The van der Waals surface area contributed by atoms with E-state index in [4.69, 9.17) is 10.1 Å². The van der Waals surface area contributed by atoms with Crippen LogP contribution in [0.3, 0.4) is 0 Å². The van der Waals surface area contributed by atoms with Crippen LogP contribution in [0.4, 0.5) is 10.1 Å². The van der Waals surface area contributed by atoms with Crippen molar-refractivity contribution in [3.63, 3.8) is 0 Å². The fourth-order valence-electron chi connectivity index (χ4n) is 5.62. The Morgan fingerprint density at radius 1 is 1.22 bits per heavy atom. The molecule has 0 aliphatic carbocycles. The van der Waals surface area contributed by atoms with Crippen molar-refractivity contribution >= 4 is 29.5 Å². The second kappa shape index (κ2) is 10.1. The predicted molar refractivity (Wildman–Crippen MR) is 147 cm³/mol. The summed E-state index contributed by atoms with van der Waals surface area (Å²) in [5, 5.41) is 10.8. The lowest BCUT2D eigenvalue weighted by Crippen LogP contribution is -2.40. The van der Waals surface area contributed by atoms with Gasteiger partial charge in [-0.3, -0.25) is 0 Å². The van der Waals surface area contributed by atoms with E-state index in [0.717, 1.165) is 52.9 Å². The summed E-state index contributed by atoms with van der Waals surface area (Å²) >= 11 is 0. The Kier molecular flexibility index (Phi) is 6.66. The molecule has 1 atom stereocenters. The summed E-state index contributed by atoms with van der Waals surface area (Å²) < 4.78 is 20.7. The van der Waals surface area contributed by atoms with Gasteiger partial charge in [-0.1, -0.05) is 43.3 Å². The van der Waals surface area contributed by atoms with Crippen molar-refractivity contribution in [2.75, 3.05) is 25.6 Å². The van der Waals surface area contributed by atoms with Crippen LogP contribution in [-0.4, -0.2) is 32.9 Å². The summed E-state index contributed by atoms with van der Waals surface area (Å²) in [5.74, 6) is -0.775. The minimum Gasteiger partial charge on any atom is -0.466 e. The van der Waals surface area contributed by atoms with E-state index in [1.807, 2.05) is 31.4 Å². The lowest BCUT2D eigenvalue weighted by molar-refractivity contribution is -0.134. The van der Waals surface area contributed by atoms with Crippen molar-refractivity contribution in [1.29, 1.82) is 5.41 Å². The second-order valence-corrected chi connectivity index (χ2v) is 9.28. The van der Waals surface area contributed by atoms with Crippen LogP contribution < -0.4 is 10.2 Å². The zero-order valence-electron chi connectivity index (χ0n) is 21.3. The van der Waals surface area contributed by atoms with E-state index in [1.165, 1.54) is 36.6 Å². The highest BCUT2D eigenvalue weighted by atomic mass is 19.1. The normalized spacial score (nSPS) is 15.9. The maximum atomic E-state index is 16.0. The van der Waals surface area contributed by atoms with Gasteiger partial charge in [-0.05, 0) is 64.4 Å². The molecule has 6 heteroatoms. The number of esters is 1. The maximum absolute atomic E-state index is 16.0. The summed E-state index contributed by atoms with van der Waals surface area (Å²) in [5.41, 5.74) is 9.52. The summed E-state index contributed by atoms with van der Waals surface area (Å²) in [6, 6.07) is 15.7. The number of aryl methyl sites for hydroxylation is 1. The quantitative estimate of drug-likeness (QED) is 0.253. The zero-order chi connectivity index (χ0) is 26.1. The molecule has 1 unspecified atom stereocenters. The highest BCUT2D eigenvalue weighted by molar-refractivity contribution is 6.08. The molecule has 2 N–H and O–H groups in total. The van der Waals surface area contributed by atoms with Crippen LogP contribution in [0.15, 0.2) is 60.8 Å². The van der Waals surface area contributed by atoms with Gasteiger partial charge < -0.3 is 20.4 Å². The first-order valence-electron chi connectivity index (χ1n) is 12.5. The Morgan fingerprint density at radius 2 is 2.05 bits per heavy atom. The Morgan fingerprint density at radius 3 is 2.78 bits per heavy atom. The molecule has 188 valence electrons. The standard InChI is InChI=1S/C31H30FN3O2/c1-4-20-6-5-7-25-26-14-19(8-11-28(36)37-3)15-27(32)29(26)31-24-10-9-21(23(17-33)18-34-2)16-22(24)12-13-35(31)30(20)25/h5-11,14-18,31,33-34H,4,12-13H2,1-3H3/b11-8+,23-18+,33-17?. The number of hydrogen-bond donors (Lipinski definition) is 2. The van der Waals surface area contributed by atoms with Crippen LogP contribution in [0.5, 0.6) is 0 Å². The van der Waals surface area contributed by atoms with Gasteiger partial charge in [-0.2, -0.15) is 0 Å². The first-order valence-corrected chi connectivity index (χ1v) is 12.5. The molecule has 0 saturated carbocycles. The first-order chi connectivity index (χ1) is 18.0. The van der Waals surface area contributed by atoms with Gasteiger partial charge in [0.05, 0.1) is 13.2 Å². The van der Waals surface area contributed by atoms with Crippen molar-refractivity contribution in [3.05, 3.63) is 100 Å². The molecule has 37 heavy (non-hydrogen) atoms. The van der Waals surface area contributed by atoms with E-state index in [-0.39, 0.29) is 11.9 Å². The summed E-state index contributed by atoms with van der Waals surface area (Å²) in [4.78, 5) is 14.0. The van der Waals surface area contributed by atoms with E-state index in [9.17, 15) is 4.79 Å². The number of carbonyl (C=O) groups is 1. The minimum atomic E-state index is -0.480. The lowest BCUT2D eigenvalue weighted by atomic mass is 9.78. The predicted octanol–water partition coefficient (Wildman–Crippen LogP) is 5.92. The topological polar surface area (TPSA) is 65.4 Å². The third kappa shape index (κ3) is 4.22. The molecule has 0 saturated heterocycles. The Bertz CT molecular complexity index is 1460. The van der Waals surface area contributed by atoms with Crippen molar-refractivity contribution in [3.8, 4) is 11.1 Å². The molecule has 0 radical (unpaired) electrons. The van der Waals surface area contributed by atoms with Crippen LogP contribution >= 0.6 is 0 Å². The number of anilines is 1. The molecule has 2 heterocycles. The van der Waals surface area contributed by atoms with Crippen LogP contribution in [-0.2, 0) is 22.4 Å². The molecular formula is C31H30FN3O2. The smallest absolute Gasteiger partial charge is 0.330 e. The maximum Gasteiger partial charge on any atom is 0.330 e. The molecule has 0 bridgehead atoms. The fourth-order valence-corrected chi connectivity index (χ4v) is 5.62. The molecule has 3 aromatic carbocycles. The molecule has 5 nitrogen and oxygen atoms in total. The van der Waals surface area contributed by atoms with Crippen molar-refractivity contribution < 1.29 is 13.9 Å². The number of nitrogens with zero attached hydrogens (tertiary/aromatic N) is 1. The van der Waals surface area contributed by atoms with Crippen LogP contribution in [0.25, 0.3) is 22.8 Å². The molecule has 0 spiro atoms. The number of halogens is 1. The minimum absolute atomic E-state index is 0.261. The summed E-state index contributed by atoms with van der Waals surface area (Å²) in [7, 11) is 3.14. The third-order valence-corrected chi connectivity index (χ3v) is 7.28. The van der Waals surface area contributed by atoms with Gasteiger partial charge in [-0.15, -0.1) is 0 Å². The van der Waals surface area contributed by atoms with Crippen LogP contribution in [0.1, 0.15) is 46.3 Å². The van der Waals surface area contributed by atoms with E-state index in [2.05, 4.69) is 41.4 Å². The zero-order valence-corrected chi connectivity index (χ0v) is 21.3. The van der Waals surface area contributed by atoms with E-state index < -0.39 is 5.97 Å². The SMILES string of the molecule is CCc1cccc2c1N1CCc3cc(/C(C=N)=C/NC)ccc3C1c1c(F)cc(/C=C/C(=O)OC)cc1-2. The van der Waals surface area contributed by atoms with Crippen molar-refractivity contribution in [1.82, 2.24) is 5.32 Å². The number of nitrogens with one attached hydrogen (secondary N) is 2. The number of rotatable bonds is 6. The Labute approximate surface area is 216 Å². The number of benzene rings is 3. The average molecular weight is 496 g/mol. The average Bonchev–Trinajstić information content (AvgIpc) is 2.93. The fraction of sp³-hybridized carbons (Fsp3) is 0.226. The lowest BCUT2D eigenvalue weighted by Gasteiger charge is -2.45. The second-order valence-electron chi connectivity index (χ2n) is 9.28. The number of methoxy groups -OCH3 is 1. The number of fused-ring (bicyclic) bond motifs is 8. The highest BCUT2D eigenvalue weighted by Gasteiger charge is 2.39. The van der Waals surface area contributed by atoms with Gasteiger partial charge in [0, 0.05) is 54.5 Å². The molecule has 0 fully saturated rings. The molecule has 0 aromatic heterocycles. The van der Waals surface area contributed by atoms with Crippen molar-refractivity contribution in [2.24, 2.45) is 0 Å². The third-order valence-electron chi connectivity index (χ3n) is 7.28. The first kappa shape index (κ1) is 24.5. The molecule has 2 aliphatic rings. The highest BCUT2D eigenvalue weighted by Crippen LogP contribution is 2.52. The van der Waals surface area contributed by atoms with Gasteiger partial charge in [0.25, 0.3) is 0 Å². The van der Waals surface area contributed by atoms with E-state index in [0.29, 0.717) is 11.1 Å². The molecular weight excluding hydrogens is 465 g/mol. The number of ether oxygens (including phenoxy) is 1. The molecule has 3 aromatic rings. The largest absolute Gasteiger partial charge is 0.466 e. The van der Waals surface area contributed by atoms with Gasteiger partial charge in [-0.25, -0.2) is 9.18 Å². The number of hydrogen-bond acceptors (Lipinski definition) is 5. The van der Waals surface area contributed by atoms with E-state index in [1.54, 1.807) is 6.08 Å². The Hall–Kier alpha value is -4.19. The Balaban J connectivity index is 1.72. The number of carbonyl (C=O) groups excluding carboxylic acids is 1. The monoisotopic (exact) mass is 495 g/mol. The molecule has 0 amide bonds. The van der Waals surface area contributed by atoms with Gasteiger partial charge >= 0.3 is 5.97 Å². The molecule has 5 rings (SSSR count). The van der Waals surface area contributed by atoms with Gasteiger partial charge in [0.1, 0.15) is 5.82 Å². The summed E-state index contributed by atoms with van der Waals surface area (Å²) in [6.07, 6.45) is 7.77. The van der Waals surface area contributed by atoms with Crippen molar-refractivity contribution in [2.45, 2.75) is 25.8 Å². The van der Waals surface area contributed by atoms with Crippen LogP contribution in [0.2, 0.25) is 0 Å². The number of allylic oxidation sites excluding steroid dienone is 1. The molecule has 2 aliphatic heterocycles. The van der Waals surface area contributed by atoms with E-state index >= 15 is 4.39 Å². The number of para-hydroxylation sites is 1. The summed E-state index contributed by atoms with van der Waals surface area (Å²) in [6.45, 7) is 2.91. The van der Waals surface area contributed by atoms with Crippen LogP contribution in [0, 0.1) is 11.2 Å².